The van der Waals surface area contributed by atoms with Crippen LogP contribution in [-0.4, -0.2) is 0 Å². The van der Waals surface area contributed by atoms with Crippen molar-refractivity contribution < 1.29 is 51.0 Å². The number of hydrogen-bond donors (Lipinski definition) is 0. The van der Waals surface area contributed by atoms with Crippen molar-refractivity contribution in [3.8, 4) is 0 Å². The van der Waals surface area contributed by atoms with E-state index in [0.29, 0.717) is 11.8 Å². The largest absolute Gasteiger partial charge is 4.00 e. The van der Waals surface area contributed by atoms with E-state index in [4.69, 9.17) is 0 Å². The summed E-state index contributed by atoms with van der Waals surface area (Å²) in [5.41, 5.74) is 8.33. The average molecular weight is 477 g/mol. The van der Waals surface area contributed by atoms with E-state index >= 15 is 0 Å². The summed E-state index contributed by atoms with van der Waals surface area (Å²) in [5.74, 6) is 1.09. The first-order valence-electron chi connectivity index (χ1n) is 9.04. The van der Waals surface area contributed by atoms with E-state index in [9.17, 15) is 0 Å². The van der Waals surface area contributed by atoms with Crippen LogP contribution >= 0.6 is 0 Å². The van der Waals surface area contributed by atoms with Gasteiger partial charge in [0.25, 0.3) is 0 Å². The second kappa shape index (κ2) is 12.1. The topological polar surface area (TPSA) is 0 Å². The molecule has 0 bridgehead atoms. The van der Waals surface area contributed by atoms with Crippen molar-refractivity contribution in [2.24, 2.45) is 0 Å². The summed E-state index contributed by atoms with van der Waals surface area (Å²) in [4.78, 5) is 0. The summed E-state index contributed by atoms with van der Waals surface area (Å²) in [6.07, 6.45) is 9.29. The molecular weight excluding hydrogens is 450 g/mol. The third-order valence-electron chi connectivity index (χ3n) is 5.08. The zero-order chi connectivity index (χ0) is 17.1. The normalized spacial score (nSPS) is 18.2. The van der Waals surface area contributed by atoms with Gasteiger partial charge in [-0.05, 0) is 0 Å². The van der Waals surface area contributed by atoms with E-state index in [1.807, 2.05) is 0 Å². The summed E-state index contributed by atoms with van der Waals surface area (Å²) < 4.78 is 0. The minimum absolute atomic E-state index is 0. The van der Waals surface area contributed by atoms with Gasteiger partial charge >= 0.3 is 26.2 Å². The Labute approximate surface area is 196 Å². The third-order valence-corrected chi connectivity index (χ3v) is 5.08. The predicted octanol–water partition coefficient (Wildman–Crippen LogP) is 0.806. The standard InChI is InChI=1S/2C12H13.2ClH.Zr/c2*1-3-10-8-9(2)11-6-4-5-7-12(10)11;;;/h2*4-7,10H,3H2,1-2H3;2*1H;/q2*-1;;;+4/p-2. The molecule has 27 heavy (non-hydrogen) atoms. The minimum Gasteiger partial charge on any atom is -1.00 e. The fourth-order valence-electron chi connectivity index (χ4n) is 3.76. The Bertz CT molecular complexity index is 725. The third kappa shape index (κ3) is 5.69. The van der Waals surface area contributed by atoms with Crippen LogP contribution in [0.3, 0.4) is 0 Å². The zero-order valence-electron chi connectivity index (χ0n) is 16.4. The Morgan fingerprint density at radius 3 is 1.33 bits per heavy atom. The summed E-state index contributed by atoms with van der Waals surface area (Å²) >= 11 is 0. The average Bonchev–Trinajstić information content (AvgIpc) is 3.13. The van der Waals surface area contributed by atoms with Crippen LogP contribution in [0.15, 0.2) is 48.5 Å². The van der Waals surface area contributed by atoms with Crippen LogP contribution in [0, 0.1) is 12.2 Å². The molecule has 3 heteroatoms. The van der Waals surface area contributed by atoms with E-state index in [-0.39, 0.29) is 51.0 Å². The first-order valence-corrected chi connectivity index (χ1v) is 9.04. The van der Waals surface area contributed by atoms with Crippen molar-refractivity contribution in [3.63, 3.8) is 0 Å². The van der Waals surface area contributed by atoms with Crippen LogP contribution < -0.4 is 24.8 Å². The smallest absolute Gasteiger partial charge is 1.00 e. The van der Waals surface area contributed by atoms with Gasteiger partial charge in [0.2, 0.25) is 0 Å². The molecule has 2 aliphatic carbocycles. The fraction of sp³-hybridized carbons (Fsp3) is 0.333. The van der Waals surface area contributed by atoms with Crippen LogP contribution in [0.4, 0.5) is 0 Å². The van der Waals surface area contributed by atoms with Gasteiger partial charge in [0.1, 0.15) is 0 Å². The van der Waals surface area contributed by atoms with Gasteiger partial charge in [0.05, 0.1) is 0 Å². The Kier molecular flexibility index (Phi) is 11.8. The predicted molar refractivity (Wildman–Crippen MR) is 104 cm³/mol. The molecule has 2 aliphatic rings. The van der Waals surface area contributed by atoms with Gasteiger partial charge < -0.3 is 24.8 Å². The molecule has 0 spiro atoms. The zero-order valence-corrected chi connectivity index (χ0v) is 20.4. The number of halogens is 2. The first kappa shape index (κ1) is 26.4. The minimum atomic E-state index is 0. The van der Waals surface area contributed by atoms with Gasteiger partial charge in [-0.1, -0.05) is 88.8 Å². The van der Waals surface area contributed by atoms with Crippen molar-refractivity contribution in [2.75, 3.05) is 0 Å². The molecule has 0 aliphatic heterocycles. The number of hydrogen-bond acceptors (Lipinski definition) is 0. The summed E-state index contributed by atoms with van der Waals surface area (Å²) in [6.45, 7) is 8.73. The maximum Gasteiger partial charge on any atom is 4.00 e. The van der Waals surface area contributed by atoms with Gasteiger partial charge in [-0.2, -0.15) is 11.1 Å². The first-order chi connectivity index (χ1) is 11.7. The second-order valence-corrected chi connectivity index (χ2v) is 6.63. The molecule has 0 fully saturated rings. The number of fused-ring (bicyclic) bond motifs is 2. The van der Waals surface area contributed by atoms with Crippen molar-refractivity contribution in [1.29, 1.82) is 0 Å². The quantitative estimate of drug-likeness (QED) is 0.563. The molecule has 2 aromatic rings. The molecule has 2 atom stereocenters. The molecule has 0 nitrogen and oxygen atoms in total. The molecule has 0 saturated carbocycles. The molecule has 0 saturated heterocycles. The van der Waals surface area contributed by atoms with E-state index in [1.165, 1.54) is 33.4 Å². The Morgan fingerprint density at radius 2 is 1.00 bits per heavy atom. The molecule has 2 unspecified atom stereocenters. The molecule has 0 amide bonds. The van der Waals surface area contributed by atoms with Crippen molar-refractivity contribution >= 4 is 11.1 Å². The molecule has 2 aromatic carbocycles. The summed E-state index contributed by atoms with van der Waals surface area (Å²) in [6, 6.07) is 17.2. The molecule has 0 radical (unpaired) electrons. The summed E-state index contributed by atoms with van der Waals surface area (Å²) in [7, 11) is 0. The molecule has 140 valence electrons. The van der Waals surface area contributed by atoms with Gasteiger partial charge in [-0.3, -0.25) is 12.2 Å². The molecule has 0 aromatic heterocycles. The van der Waals surface area contributed by atoms with Crippen molar-refractivity contribution in [3.05, 3.63) is 82.9 Å². The Hall–Kier alpha value is -0.617. The second-order valence-electron chi connectivity index (χ2n) is 6.63. The van der Waals surface area contributed by atoms with E-state index < -0.39 is 0 Å². The molecular formula is C24H26Cl2Zr. The summed E-state index contributed by atoms with van der Waals surface area (Å²) in [5, 5.41) is 0. The van der Waals surface area contributed by atoms with Crippen LogP contribution in [0.1, 0.15) is 74.6 Å². The number of benzene rings is 2. The number of allylic oxidation sites excluding steroid dienone is 4. The number of rotatable bonds is 2. The van der Waals surface area contributed by atoms with Crippen LogP contribution in [-0.2, 0) is 26.2 Å². The Morgan fingerprint density at radius 1 is 0.667 bits per heavy atom. The van der Waals surface area contributed by atoms with Crippen molar-refractivity contribution in [2.45, 2.75) is 52.4 Å². The van der Waals surface area contributed by atoms with Crippen molar-refractivity contribution in [1.82, 2.24) is 0 Å². The maximum absolute atomic E-state index is 3.49. The molecule has 0 N–H and O–H groups in total. The fourth-order valence-corrected chi connectivity index (χ4v) is 3.76. The monoisotopic (exact) mass is 474 g/mol. The van der Waals surface area contributed by atoms with Gasteiger partial charge in [0.15, 0.2) is 0 Å². The van der Waals surface area contributed by atoms with Crippen LogP contribution in [0.2, 0.25) is 0 Å². The van der Waals surface area contributed by atoms with Gasteiger partial charge in [-0.15, -0.1) is 23.3 Å². The van der Waals surface area contributed by atoms with Gasteiger partial charge in [0, 0.05) is 0 Å². The molecule has 0 heterocycles. The maximum atomic E-state index is 3.49. The van der Waals surface area contributed by atoms with E-state index in [0.717, 1.165) is 12.8 Å². The van der Waals surface area contributed by atoms with E-state index in [1.54, 1.807) is 0 Å². The van der Waals surface area contributed by atoms with E-state index in [2.05, 4.69) is 88.4 Å². The molecule has 4 rings (SSSR count). The van der Waals surface area contributed by atoms with Crippen LogP contribution in [0.25, 0.3) is 11.1 Å². The SMILES string of the molecule is CCC1[C-]=C(C)c2ccccc21.CCC1[C-]=C(C)c2ccccc21.[Cl-].[Cl-].[Zr+4]. The van der Waals surface area contributed by atoms with Crippen LogP contribution in [0.5, 0.6) is 0 Å². The van der Waals surface area contributed by atoms with Gasteiger partial charge in [-0.25, -0.2) is 11.1 Å². The Balaban J connectivity index is 0.000000451.